The van der Waals surface area contributed by atoms with Crippen molar-refractivity contribution in [3.8, 4) is 17.4 Å². The molecule has 1 aliphatic carbocycles. The molecule has 1 aliphatic rings. The molecule has 1 heterocycles. The van der Waals surface area contributed by atoms with Crippen LogP contribution >= 0.6 is 23.2 Å². The molecule has 0 saturated heterocycles. The number of hydrogen-bond acceptors (Lipinski definition) is 3. The zero-order valence-corrected chi connectivity index (χ0v) is 14.9. The van der Waals surface area contributed by atoms with E-state index in [1.807, 2.05) is 6.07 Å². The summed E-state index contributed by atoms with van der Waals surface area (Å²) in [6, 6.07) is 10.6. The largest absolute Gasteiger partial charge is 0.457 e. The first-order valence-corrected chi connectivity index (χ1v) is 8.80. The van der Waals surface area contributed by atoms with Crippen LogP contribution in [0.25, 0.3) is 17.4 Å². The van der Waals surface area contributed by atoms with Gasteiger partial charge in [0, 0.05) is 22.7 Å². The van der Waals surface area contributed by atoms with Crippen LogP contribution in [0, 0.1) is 11.3 Å². The molecular weight excluding hydrogens is 359 g/mol. The van der Waals surface area contributed by atoms with Gasteiger partial charge < -0.3 is 9.73 Å². The lowest BCUT2D eigenvalue weighted by molar-refractivity contribution is -0.117. The van der Waals surface area contributed by atoms with Crippen LogP contribution in [-0.4, -0.2) is 11.9 Å². The van der Waals surface area contributed by atoms with Gasteiger partial charge in [0.2, 0.25) is 0 Å². The first-order chi connectivity index (χ1) is 12.1. The molecular formula is C19H16Cl2N2O2. The summed E-state index contributed by atoms with van der Waals surface area (Å²) in [4.78, 5) is 12.2. The molecule has 1 amide bonds. The Labute approximate surface area is 156 Å². The van der Waals surface area contributed by atoms with Crippen molar-refractivity contribution in [3.05, 3.63) is 51.7 Å². The van der Waals surface area contributed by atoms with Gasteiger partial charge >= 0.3 is 0 Å². The molecule has 128 valence electrons. The predicted octanol–water partition coefficient (Wildman–Crippen LogP) is 5.22. The summed E-state index contributed by atoms with van der Waals surface area (Å²) in [5.41, 5.74) is 0.717. The van der Waals surface area contributed by atoms with E-state index in [0.717, 1.165) is 25.7 Å². The van der Waals surface area contributed by atoms with Crippen LogP contribution in [-0.2, 0) is 4.79 Å². The number of halogens is 2. The summed E-state index contributed by atoms with van der Waals surface area (Å²) in [6.45, 7) is 0. The molecule has 1 N–H and O–H groups in total. The minimum absolute atomic E-state index is 0.0232. The lowest BCUT2D eigenvalue weighted by Gasteiger charge is -2.10. The van der Waals surface area contributed by atoms with Crippen LogP contribution in [0.4, 0.5) is 0 Å². The van der Waals surface area contributed by atoms with Gasteiger partial charge in [-0.3, -0.25) is 4.79 Å². The number of amides is 1. The summed E-state index contributed by atoms with van der Waals surface area (Å²) < 4.78 is 5.71. The first kappa shape index (κ1) is 17.6. The van der Waals surface area contributed by atoms with Gasteiger partial charge in [0.05, 0.1) is 5.02 Å². The van der Waals surface area contributed by atoms with Crippen molar-refractivity contribution < 1.29 is 9.21 Å². The highest BCUT2D eigenvalue weighted by Gasteiger charge is 2.19. The minimum atomic E-state index is -0.364. The molecule has 3 rings (SSSR count). The van der Waals surface area contributed by atoms with E-state index in [-0.39, 0.29) is 17.5 Å². The van der Waals surface area contributed by atoms with Crippen LogP contribution < -0.4 is 5.32 Å². The maximum Gasteiger partial charge on any atom is 0.262 e. The van der Waals surface area contributed by atoms with Gasteiger partial charge in [-0.1, -0.05) is 36.0 Å². The molecule has 0 unspecified atom stereocenters. The van der Waals surface area contributed by atoms with Gasteiger partial charge in [0.15, 0.2) is 0 Å². The lowest BCUT2D eigenvalue weighted by Crippen LogP contribution is -2.33. The highest BCUT2D eigenvalue weighted by molar-refractivity contribution is 6.36. The molecule has 2 aromatic rings. The number of benzene rings is 1. The van der Waals surface area contributed by atoms with Crippen LogP contribution in [0.15, 0.2) is 40.3 Å². The van der Waals surface area contributed by atoms with Crippen molar-refractivity contribution in [2.75, 3.05) is 0 Å². The molecule has 1 saturated carbocycles. The Morgan fingerprint density at radius 2 is 2.00 bits per heavy atom. The fourth-order valence-corrected chi connectivity index (χ4v) is 3.39. The predicted molar refractivity (Wildman–Crippen MR) is 98.2 cm³/mol. The van der Waals surface area contributed by atoms with E-state index in [2.05, 4.69) is 5.32 Å². The van der Waals surface area contributed by atoms with Crippen LogP contribution in [0.1, 0.15) is 31.4 Å². The average molecular weight is 375 g/mol. The van der Waals surface area contributed by atoms with Gasteiger partial charge in [-0.15, -0.1) is 0 Å². The Morgan fingerprint density at radius 3 is 2.68 bits per heavy atom. The fraction of sp³-hybridized carbons (Fsp3) is 0.263. The minimum Gasteiger partial charge on any atom is -0.457 e. The van der Waals surface area contributed by atoms with Crippen LogP contribution in [0.3, 0.4) is 0 Å². The SMILES string of the molecule is N#C/C(=C\c1ccc(-c2ccc(Cl)cc2Cl)o1)C(=O)NC1CCCC1. The Morgan fingerprint density at radius 1 is 1.24 bits per heavy atom. The lowest BCUT2D eigenvalue weighted by atomic mass is 10.2. The third-order valence-corrected chi connectivity index (χ3v) is 4.71. The van der Waals surface area contributed by atoms with E-state index in [1.165, 1.54) is 6.08 Å². The normalized spacial score (nSPS) is 15.2. The second-order valence-electron chi connectivity index (χ2n) is 5.95. The van der Waals surface area contributed by atoms with Gasteiger partial charge in [0.25, 0.3) is 5.91 Å². The summed E-state index contributed by atoms with van der Waals surface area (Å²) >= 11 is 12.1. The van der Waals surface area contributed by atoms with Crippen molar-refractivity contribution in [2.45, 2.75) is 31.7 Å². The maximum absolute atomic E-state index is 12.2. The van der Waals surface area contributed by atoms with E-state index < -0.39 is 0 Å². The fourth-order valence-electron chi connectivity index (χ4n) is 2.89. The monoisotopic (exact) mass is 374 g/mol. The molecule has 0 radical (unpaired) electrons. The number of carbonyl (C=O) groups is 1. The van der Waals surface area contributed by atoms with Crippen molar-refractivity contribution in [1.29, 1.82) is 5.26 Å². The first-order valence-electron chi connectivity index (χ1n) is 8.05. The zero-order chi connectivity index (χ0) is 17.8. The molecule has 1 fully saturated rings. The number of nitrogens with zero attached hydrogens (tertiary/aromatic N) is 1. The summed E-state index contributed by atoms with van der Waals surface area (Å²) in [5, 5.41) is 13.2. The van der Waals surface area contributed by atoms with Crippen LogP contribution in [0.2, 0.25) is 10.0 Å². The third kappa shape index (κ3) is 4.25. The number of nitrogens with one attached hydrogen (secondary N) is 1. The molecule has 1 aromatic heterocycles. The number of hydrogen-bond donors (Lipinski definition) is 1. The van der Waals surface area contributed by atoms with E-state index in [1.54, 1.807) is 30.3 Å². The molecule has 4 nitrogen and oxygen atoms in total. The molecule has 0 bridgehead atoms. The van der Waals surface area contributed by atoms with Gasteiger partial charge in [-0.05, 0) is 43.2 Å². The standard InChI is InChI=1S/C19H16Cl2N2O2/c20-13-5-7-16(17(21)10-13)18-8-6-15(25-18)9-12(11-22)19(24)23-14-3-1-2-4-14/h5-10,14H,1-4H2,(H,23,24)/b12-9+. The number of rotatable bonds is 4. The molecule has 0 atom stereocenters. The van der Waals surface area contributed by atoms with Gasteiger partial charge in [-0.2, -0.15) is 5.26 Å². The summed E-state index contributed by atoms with van der Waals surface area (Å²) in [7, 11) is 0. The highest BCUT2D eigenvalue weighted by atomic mass is 35.5. The van der Waals surface area contributed by atoms with E-state index in [0.29, 0.717) is 27.1 Å². The average Bonchev–Trinajstić information content (AvgIpc) is 3.24. The van der Waals surface area contributed by atoms with E-state index in [4.69, 9.17) is 27.6 Å². The number of furan rings is 1. The summed E-state index contributed by atoms with van der Waals surface area (Å²) in [5.74, 6) is 0.595. The van der Waals surface area contributed by atoms with Gasteiger partial charge in [0.1, 0.15) is 23.2 Å². The molecule has 6 heteroatoms. The Kier molecular flexibility index (Phi) is 5.47. The van der Waals surface area contributed by atoms with E-state index >= 15 is 0 Å². The van der Waals surface area contributed by atoms with Crippen molar-refractivity contribution >= 4 is 35.2 Å². The maximum atomic E-state index is 12.2. The molecule has 0 spiro atoms. The van der Waals surface area contributed by atoms with Crippen molar-refractivity contribution in [3.63, 3.8) is 0 Å². The number of nitriles is 1. The Bertz CT molecular complexity index is 859. The second kappa shape index (κ2) is 7.77. The highest BCUT2D eigenvalue weighted by Crippen LogP contribution is 2.32. The molecule has 0 aliphatic heterocycles. The molecule has 1 aromatic carbocycles. The van der Waals surface area contributed by atoms with E-state index in [9.17, 15) is 10.1 Å². The topological polar surface area (TPSA) is 66.0 Å². The Hall–Kier alpha value is -2.22. The van der Waals surface area contributed by atoms with Gasteiger partial charge in [-0.25, -0.2) is 0 Å². The smallest absolute Gasteiger partial charge is 0.262 e. The number of carbonyl (C=O) groups excluding carboxylic acids is 1. The third-order valence-electron chi connectivity index (χ3n) is 4.17. The van der Waals surface area contributed by atoms with Crippen molar-refractivity contribution in [2.24, 2.45) is 0 Å². The zero-order valence-electron chi connectivity index (χ0n) is 13.4. The van der Waals surface area contributed by atoms with Crippen molar-refractivity contribution in [1.82, 2.24) is 5.32 Å². The molecule has 25 heavy (non-hydrogen) atoms. The quantitative estimate of drug-likeness (QED) is 0.589. The summed E-state index contributed by atoms with van der Waals surface area (Å²) in [6.07, 6.45) is 5.59. The van der Waals surface area contributed by atoms with Crippen LogP contribution in [0.5, 0.6) is 0 Å². The Balaban J connectivity index is 1.79. The second-order valence-corrected chi connectivity index (χ2v) is 6.79.